The van der Waals surface area contributed by atoms with Gasteiger partial charge in [0.05, 0.1) is 22.2 Å². The first-order valence-corrected chi connectivity index (χ1v) is 14.0. The number of nitrogens with zero attached hydrogens (tertiary/aromatic N) is 2. The highest BCUT2D eigenvalue weighted by Crippen LogP contribution is 2.36. The van der Waals surface area contributed by atoms with Gasteiger partial charge in [0.2, 0.25) is 11.8 Å². The largest absolute Gasteiger partial charge is 0.444 e. The molecule has 1 fully saturated rings. The van der Waals surface area contributed by atoms with Crippen molar-refractivity contribution in [1.82, 2.24) is 20.5 Å². The molecule has 2 aromatic rings. The number of aliphatic hydroxyl groups excluding tert-OH is 1. The minimum Gasteiger partial charge on any atom is -0.444 e. The summed E-state index contributed by atoms with van der Waals surface area (Å²) in [6.45, 7) is 11.5. The van der Waals surface area contributed by atoms with Gasteiger partial charge in [-0.2, -0.15) is 13.2 Å². The number of alkyl carbamates (subject to hydrolysis) is 1. The van der Waals surface area contributed by atoms with Gasteiger partial charge in [-0.25, -0.2) is 9.78 Å². The molecule has 1 aliphatic heterocycles. The van der Waals surface area contributed by atoms with Crippen LogP contribution < -0.4 is 10.6 Å². The van der Waals surface area contributed by atoms with Crippen molar-refractivity contribution in [3.8, 4) is 10.4 Å². The van der Waals surface area contributed by atoms with E-state index < -0.39 is 59.3 Å². The van der Waals surface area contributed by atoms with Crippen LogP contribution in [-0.4, -0.2) is 69.4 Å². The predicted molar refractivity (Wildman–Crippen MR) is 148 cm³/mol. The van der Waals surface area contributed by atoms with Crippen LogP contribution in [0.15, 0.2) is 29.8 Å². The fraction of sp³-hybridized carbons (Fsp3) is 0.571. The number of ether oxygens (including phenoxy) is 1. The fourth-order valence-corrected chi connectivity index (χ4v) is 5.36. The monoisotopic (exact) mass is 598 g/mol. The van der Waals surface area contributed by atoms with E-state index in [1.807, 2.05) is 5.32 Å². The van der Waals surface area contributed by atoms with E-state index >= 15 is 0 Å². The molecule has 1 aliphatic rings. The average molecular weight is 599 g/mol. The second-order valence-electron chi connectivity index (χ2n) is 12.2. The summed E-state index contributed by atoms with van der Waals surface area (Å²) in [5.41, 5.74) is 1.21. The third kappa shape index (κ3) is 8.19. The molecule has 3 N–H and O–H groups in total. The highest BCUT2D eigenvalue weighted by Gasteiger charge is 2.48. The van der Waals surface area contributed by atoms with Crippen LogP contribution in [0.5, 0.6) is 0 Å². The number of halogens is 3. The van der Waals surface area contributed by atoms with E-state index in [9.17, 15) is 32.7 Å². The third-order valence-corrected chi connectivity index (χ3v) is 7.48. The van der Waals surface area contributed by atoms with Gasteiger partial charge in [-0.1, -0.05) is 45.0 Å². The number of benzene rings is 1. The van der Waals surface area contributed by atoms with Gasteiger partial charge in [0.15, 0.2) is 6.04 Å². The van der Waals surface area contributed by atoms with Gasteiger partial charge in [0.1, 0.15) is 17.7 Å². The molecule has 1 aromatic carbocycles. The first kappa shape index (κ1) is 32.3. The molecule has 1 aromatic heterocycles. The predicted octanol–water partition coefficient (Wildman–Crippen LogP) is 4.74. The van der Waals surface area contributed by atoms with Crippen LogP contribution in [0.2, 0.25) is 0 Å². The summed E-state index contributed by atoms with van der Waals surface area (Å²) in [4.78, 5) is 45.4. The lowest BCUT2D eigenvalue weighted by atomic mass is 9.85. The topological polar surface area (TPSA) is 121 Å². The number of hydrogen-bond acceptors (Lipinski definition) is 7. The first-order chi connectivity index (χ1) is 18.8. The molecule has 0 radical (unpaired) electrons. The summed E-state index contributed by atoms with van der Waals surface area (Å²) >= 11 is 1.36. The van der Waals surface area contributed by atoms with Crippen LogP contribution in [0.1, 0.15) is 65.3 Å². The van der Waals surface area contributed by atoms with Crippen LogP contribution in [0, 0.1) is 12.3 Å². The maximum absolute atomic E-state index is 14.2. The normalized spacial score (nSPS) is 19.4. The number of alkyl halides is 3. The van der Waals surface area contributed by atoms with Crippen LogP contribution in [0.25, 0.3) is 10.4 Å². The molecule has 4 atom stereocenters. The van der Waals surface area contributed by atoms with Gasteiger partial charge in [-0.3, -0.25) is 9.59 Å². The highest BCUT2D eigenvalue weighted by molar-refractivity contribution is 7.13. The quantitative estimate of drug-likeness (QED) is 0.442. The highest BCUT2D eigenvalue weighted by atomic mass is 32.1. The molecule has 0 saturated carbocycles. The number of carbonyl (C=O) groups is 3. The molecule has 41 heavy (non-hydrogen) atoms. The van der Waals surface area contributed by atoms with E-state index in [1.165, 1.54) is 35.6 Å². The molecule has 0 spiro atoms. The SMILES string of the molecule is Cc1ncsc1-c1ccc(C(NC(=O)[C@@H]2C[C@@H](O)CN2C(=O)[C@@H](NC(=O)OC(C)(C)C)C(C)(C)C)C(F)(F)F)cc1. The van der Waals surface area contributed by atoms with Crippen molar-refractivity contribution in [3.05, 3.63) is 41.0 Å². The number of aryl methyl sites for hydroxylation is 1. The average Bonchev–Trinajstić information content (AvgIpc) is 3.43. The number of hydrogen-bond donors (Lipinski definition) is 3. The molecule has 0 aliphatic carbocycles. The third-order valence-electron chi connectivity index (χ3n) is 6.50. The van der Waals surface area contributed by atoms with Crippen molar-refractivity contribution < 1.29 is 37.4 Å². The van der Waals surface area contributed by atoms with Crippen LogP contribution in [0.4, 0.5) is 18.0 Å². The van der Waals surface area contributed by atoms with Crippen molar-refractivity contribution in [1.29, 1.82) is 0 Å². The Balaban J connectivity index is 1.84. The maximum atomic E-state index is 14.2. The minimum atomic E-state index is -4.84. The Morgan fingerprint density at radius 3 is 2.17 bits per heavy atom. The van der Waals surface area contributed by atoms with Crippen molar-refractivity contribution in [2.24, 2.45) is 5.41 Å². The van der Waals surface area contributed by atoms with Gasteiger partial charge < -0.3 is 25.4 Å². The summed E-state index contributed by atoms with van der Waals surface area (Å²) in [5.74, 6) is -1.78. The van der Waals surface area contributed by atoms with Gasteiger partial charge in [0.25, 0.3) is 0 Å². The number of β-amino-alcohol motifs (C(OH)–C–C–N with tert-alkyl or cyclic N) is 1. The summed E-state index contributed by atoms with van der Waals surface area (Å²) in [6, 6.07) is 0.739. The Morgan fingerprint density at radius 1 is 1.07 bits per heavy atom. The lowest BCUT2D eigenvalue weighted by Gasteiger charge is -2.36. The Morgan fingerprint density at radius 2 is 1.68 bits per heavy atom. The van der Waals surface area contributed by atoms with E-state index in [2.05, 4.69) is 10.3 Å². The Kier molecular flexibility index (Phi) is 9.43. The first-order valence-electron chi connectivity index (χ1n) is 13.1. The number of carbonyl (C=O) groups excluding carboxylic acids is 3. The number of rotatable bonds is 6. The standard InChI is InChI=1S/C28H37F3N4O5S/c1-15-20(41-14-32-15)16-8-10-17(11-9-16)21(28(29,30)31)33-23(37)19-12-18(36)13-35(19)24(38)22(26(2,3)4)34-25(39)40-27(5,6)7/h8-11,14,18-19,21-22,36H,12-13H2,1-7H3,(H,33,37)(H,34,39)/t18-,19+,21?,22-/m1/s1. The molecular weight excluding hydrogens is 561 g/mol. The molecule has 0 bridgehead atoms. The molecule has 1 saturated heterocycles. The molecule has 9 nitrogen and oxygen atoms in total. The van der Waals surface area contributed by atoms with E-state index in [4.69, 9.17) is 4.74 Å². The summed E-state index contributed by atoms with van der Waals surface area (Å²) in [5, 5.41) is 14.9. The Hall–Kier alpha value is -3.19. The fourth-order valence-electron chi connectivity index (χ4n) is 4.54. The molecule has 226 valence electrons. The molecule has 1 unspecified atom stereocenters. The van der Waals surface area contributed by atoms with Crippen LogP contribution >= 0.6 is 11.3 Å². The molecule has 13 heteroatoms. The summed E-state index contributed by atoms with van der Waals surface area (Å²) < 4.78 is 47.8. The zero-order valence-corrected chi connectivity index (χ0v) is 24.9. The van der Waals surface area contributed by atoms with Crippen LogP contribution in [0.3, 0.4) is 0 Å². The van der Waals surface area contributed by atoms with E-state index in [0.717, 1.165) is 15.5 Å². The molecule has 3 amide bonds. The lowest BCUT2D eigenvalue weighted by molar-refractivity contribution is -0.165. The number of aliphatic hydroxyl groups is 1. The van der Waals surface area contributed by atoms with Crippen LogP contribution in [-0.2, 0) is 14.3 Å². The van der Waals surface area contributed by atoms with Crippen molar-refractivity contribution in [3.63, 3.8) is 0 Å². The van der Waals surface area contributed by atoms with E-state index in [1.54, 1.807) is 54.0 Å². The summed E-state index contributed by atoms with van der Waals surface area (Å²) in [6.07, 6.45) is -7.09. The number of amides is 3. The summed E-state index contributed by atoms with van der Waals surface area (Å²) in [7, 11) is 0. The Labute approximate surface area is 241 Å². The minimum absolute atomic E-state index is 0.188. The van der Waals surface area contributed by atoms with Crippen molar-refractivity contribution >= 4 is 29.2 Å². The van der Waals surface area contributed by atoms with Gasteiger partial charge in [-0.05, 0) is 44.2 Å². The Bertz CT molecular complexity index is 1250. The molecule has 3 rings (SSSR count). The van der Waals surface area contributed by atoms with E-state index in [-0.39, 0.29) is 18.5 Å². The van der Waals surface area contributed by atoms with Crippen molar-refractivity contribution in [2.45, 2.75) is 90.9 Å². The van der Waals surface area contributed by atoms with Crippen molar-refractivity contribution in [2.75, 3.05) is 6.54 Å². The number of aromatic nitrogens is 1. The zero-order valence-electron chi connectivity index (χ0n) is 24.1. The maximum Gasteiger partial charge on any atom is 0.412 e. The number of likely N-dealkylation sites (tertiary alicyclic amines) is 1. The van der Waals surface area contributed by atoms with Gasteiger partial charge in [0, 0.05) is 13.0 Å². The van der Waals surface area contributed by atoms with E-state index in [0.29, 0.717) is 5.56 Å². The second-order valence-corrected chi connectivity index (χ2v) is 13.1. The van der Waals surface area contributed by atoms with Gasteiger partial charge >= 0.3 is 12.3 Å². The second kappa shape index (κ2) is 12.0. The smallest absolute Gasteiger partial charge is 0.412 e. The molecule has 2 heterocycles. The number of nitrogens with one attached hydrogen (secondary N) is 2. The zero-order chi connectivity index (χ0) is 30.9. The lowest BCUT2D eigenvalue weighted by Crippen LogP contribution is -2.58. The molecular formula is C28H37F3N4O5S. The number of thiazole rings is 1. The van der Waals surface area contributed by atoms with Gasteiger partial charge in [-0.15, -0.1) is 11.3 Å².